The molecule has 7 nitrogen and oxygen atoms in total. The number of halogens is 3. The van der Waals surface area contributed by atoms with E-state index >= 15 is 0 Å². The molecule has 1 aliphatic carbocycles. The van der Waals surface area contributed by atoms with Gasteiger partial charge in [-0.2, -0.15) is 13.2 Å². The zero-order valence-corrected chi connectivity index (χ0v) is 17.8. The number of piperazine rings is 1. The molecule has 4 aromatic rings. The number of aromatic amines is 1. The lowest BCUT2D eigenvalue weighted by molar-refractivity contribution is -0.140. The van der Waals surface area contributed by atoms with Gasteiger partial charge in [-0.15, -0.1) is 0 Å². The molecule has 170 valence electrons. The van der Waals surface area contributed by atoms with E-state index in [1.165, 1.54) is 18.2 Å². The SMILES string of the molecule is FC(F)(F)c1cc2c(-c3nc(N4CCNCC4)c4c(C5CCC5)cncc4n3)ccnc2[nH]1. The highest BCUT2D eigenvalue weighted by molar-refractivity contribution is 5.97. The van der Waals surface area contributed by atoms with Gasteiger partial charge in [-0.05, 0) is 36.5 Å². The first kappa shape index (κ1) is 20.3. The monoisotopic (exact) mass is 453 g/mol. The largest absolute Gasteiger partial charge is 0.431 e. The predicted molar refractivity (Wildman–Crippen MR) is 119 cm³/mol. The number of nitrogens with one attached hydrogen (secondary N) is 2. The number of hydrogen-bond acceptors (Lipinski definition) is 6. The van der Waals surface area contributed by atoms with Crippen LogP contribution in [-0.4, -0.2) is 51.1 Å². The average Bonchev–Trinajstić information content (AvgIpc) is 3.23. The van der Waals surface area contributed by atoms with Crippen LogP contribution >= 0.6 is 0 Å². The van der Waals surface area contributed by atoms with Gasteiger partial charge >= 0.3 is 6.18 Å². The van der Waals surface area contributed by atoms with Crippen molar-refractivity contribution >= 4 is 27.8 Å². The topological polar surface area (TPSA) is 82.6 Å². The molecule has 33 heavy (non-hydrogen) atoms. The number of fused-ring (bicyclic) bond motifs is 2. The van der Waals surface area contributed by atoms with E-state index in [1.54, 1.807) is 12.3 Å². The van der Waals surface area contributed by atoms with E-state index < -0.39 is 11.9 Å². The Morgan fingerprint density at radius 1 is 1.06 bits per heavy atom. The quantitative estimate of drug-likeness (QED) is 0.482. The second-order valence-electron chi connectivity index (χ2n) is 8.66. The molecule has 6 rings (SSSR count). The molecule has 0 atom stereocenters. The number of pyridine rings is 2. The lowest BCUT2D eigenvalue weighted by Crippen LogP contribution is -2.44. The Labute approximate surface area is 187 Å². The van der Waals surface area contributed by atoms with Crippen molar-refractivity contribution in [1.82, 2.24) is 30.2 Å². The number of rotatable bonds is 3. The summed E-state index contributed by atoms with van der Waals surface area (Å²) in [5, 5.41) is 4.72. The maximum absolute atomic E-state index is 13.3. The molecule has 0 aromatic carbocycles. The van der Waals surface area contributed by atoms with Crippen LogP contribution in [0.4, 0.5) is 19.0 Å². The van der Waals surface area contributed by atoms with Crippen LogP contribution in [0.2, 0.25) is 0 Å². The predicted octanol–water partition coefficient (Wildman–Crippen LogP) is 4.26. The number of alkyl halides is 3. The molecule has 2 N–H and O–H groups in total. The molecule has 5 heterocycles. The second kappa shape index (κ2) is 7.65. The molecule has 1 saturated carbocycles. The summed E-state index contributed by atoms with van der Waals surface area (Å²) in [6, 6.07) is 2.75. The second-order valence-corrected chi connectivity index (χ2v) is 8.66. The minimum atomic E-state index is -4.49. The van der Waals surface area contributed by atoms with Gasteiger partial charge in [0.1, 0.15) is 17.2 Å². The van der Waals surface area contributed by atoms with Gasteiger partial charge < -0.3 is 15.2 Å². The van der Waals surface area contributed by atoms with Crippen molar-refractivity contribution in [1.29, 1.82) is 0 Å². The fourth-order valence-electron chi connectivity index (χ4n) is 4.72. The Kier molecular flexibility index (Phi) is 4.72. The Morgan fingerprint density at radius 3 is 2.61 bits per heavy atom. The van der Waals surface area contributed by atoms with Gasteiger partial charge in [-0.25, -0.2) is 15.0 Å². The first-order chi connectivity index (χ1) is 16.0. The normalized spacial score (nSPS) is 17.6. The zero-order chi connectivity index (χ0) is 22.6. The van der Waals surface area contributed by atoms with Crippen LogP contribution in [0.5, 0.6) is 0 Å². The summed E-state index contributed by atoms with van der Waals surface area (Å²) in [4.78, 5) is 22.9. The van der Waals surface area contributed by atoms with E-state index in [9.17, 15) is 13.2 Å². The lowest BCUT2D eigenvalue weighted by atomic mass is 9.79. The van der Waals surface area contributed by atoms with E-state index in [2.05, 4.69) is 25.2 Å². The summed E-state index contributed by atoms with van der Waals surface area (Å²) < 4.78 is 40.0. The lowest BCUT2D eigenvalue weighted by Gasteiger charge is -2.32. The van der Waals surface area contributed by atoms with E-state index in [0.717, 1.165) is 61.8 Å². The highest BCUT2D eigenvalue weighted by Crippen LogP contribution is 2.42. The molecule has 2 fully saturated rings. The molecule has 1 aliphatic heterocycles. The highest BCUT2D eigenvalue weighted by atomic mass is 19.4. The summed E-state index contributed by atoms with van der Waals surface area (Å²) in [5.41, 5.74) is 1.72. The Hall–Kier alpha value is -3.27. The van der Waals surface area contributed by atoms with Gasteiger partial charge in [0, 0.05) is 54.9 Å². The van der Waals surface area contributed by atoms with Crippen LogP contribution < -0.4 is 10.2 Å². The summed E-state index contributed by atoms with van der Waals surface area (Å²) in [6.45, 7) is 3.28. The summed E-state index contributed by atoms with van der Waals surface area (Å²) >= 11 is 0. The van der Waals surface area contributed by atoms with Gasteiger partial charge in [0.2, 0.25) is 0 Å². The molecule has 1 saturated heterocycles. The summed E-state index contributed by atoms with van der Waals surface area (Å²) in [5.74, 6) is 1.66. The fourth-order valence-corrected chi connectivity index (χ4v) is 4.72. The molecule has 4 aromatic heterocycles. The van der Waals surface area contributed by atoms with Crippen molar-refractivity contribution in [3.63, 3.8) is 0 Å². The van der Waals surface area contributed by atoms with Gasteiger partial charge in [0.25, 0.3) is 0 Å². The van der Waals surface area contributed by atoms with Crippen LogP contribution in [0.3, 0.4) is 0 Å². The molecule has 0 radical (unpaired) electrons. The third-order valence-corrected chi connectivity index (χ3v) is 6.66. The van der Waals surface area contributed by atoms with Gasteiger partial charge in [0.05, 0.1) is 11.7 Å². The van der Waals surface area contributed by atoms with E-state index in [0.29, 0.717) is 22.7 Å². The molecule has 0 spiro atoms. The van der Waals surface area contributed by atoms with Crippen molar-refractivity contribution in [2.75, 3.05) is 31.1 Å². The molecule has 0 amide bonds. The molecular weight excluding hydrogens is 431 g/mol. The maximum Gasteiger partial charge on any atom is 0.431 e. The third-order valence-electron chi connectivity index (χ3n) is 6.66. The van der Waals surface area contributed by atoms with Gasteiger partial charge in [0.15, 0.2) is 5.82 Å². The average molecular weight is 453 g/mol. The summed E-state index contributed by atoms with van der Waals surface area (Å²) in [6.07, 6.45) is 4.09. The maximum atomic E-state index is 13.3. The number of aromatic nitrogens is 5. The standard InChI is InChI=1S/C23H22F3N7/c24-23(25,26)18-10-15-14(4-5-29-20(15)31-18)21-30-17-12-28-11-16(13-2-1-3-13)19(17)22(32-21)33-8-6-27-7-9-33/h4-5,10-13,27H,1-3,6-9H2,(H,29,31). The van der Waals surface area contributed by atoms with Crippen LogP contribution in [0.1, 0.15) is 36.4 Å². The van der Waals surface area contributed by atoms with Crippen molar-refractivity contribution in [2.45, 2.75) is 31.4 Å². The minimum Gasteiger partial charge on any atom is -0.353 e. The Bertz CT molecular complexity index is 1340. The molecule has 0 bridgehead atoms. The number of hydrogen-bond donors (Lipinski definition) is 2. The molecule has 0 unspecified atom stereocenters. The van der Waals surface area contributed by atoms with Crippen LogP contribution in [0, 0.1) is 0 Å². The minimum absolute atomic E-state index is 0.161. The van der Waals surface area contributed by atoms with Gasteiger partial charge in [-0.3, -0.25) is 4.98 Å². The van der Waals surface area contributed by atoms with Crippen molar-refractivity contribution < 1.29 is 13.2 Å². The van der Waals surface area contributed by atoms with E-state index in [-0.39, 0.29) is 5.65 Å². The fraction of sp³-hybridized carbons (Fsp3) is 0.391. The number of nitrogens with zero attached hydrogens (tertiary/aromatic N) is 5. The third kappa shape index (κ3) is 3.49. The van der Waals surface area contributed by atoms with Crippen molar-refractivity contribution in [2.24, 2.45) is 0 Å². The van der Waals surface area contributed by atoms with E-state index in [1.807, 2.05) is 6.20 Å². The number of H-pyrrole nitrogens is 1. The first-order valence-electron chi connectivity index (χ1n) is 11.2. The van der Waals surface area contributed by atoms with Crippen LogP contribution in [-0.2, 0) is 6.18 Å². The van der Waals surface area contributed by atoms with E-state index in [4.69, 9.17) is 9.97 Å². The van der Waals surface area contributed by atoms with Crippen molar-refractivity contribution in [3.05, 3.63) is 42.0 Å². The highest BCUT2D eigenvalue weighted by Gasteiger charge is 2.33. The Morgan fingerprint density at radius 2 is 1.88 bits per heavy atom. The van der Waals surface area contributed by atoms with Crippen LogP contribution in [0.25, 0.3) is 33.3 Å². The zero-order valence-electron chi connectivity index (χ0n) is 17.8. The van der Waals surface area contributed by atoms with Crippen molar-refractivity contribution in [3.8, 4) is 11.4 Å². The first-order valence-corrected chi connectivity index (χ1v) is 11.2. The molecule has 2 aliphatic rings. The van der Waals surface area contributed by atoms with Gasteiger partial charge in [-0.1, -0.05) is 6.42 Å². The molecule has 10 heteroatoms. The smallest absolute Gasteiger partial charge is 0.353 e. The summed E-state index contributed by atoms with van der Waals surface area (Å²) in [7, 11) is 0. The molecular formula is C23H22F3N7. The Balaban J connectivity index is 1.58. The van der Waals surface area contributed by atoms with Crippen LogP contribution in [0.15, 0.2) is 30.7 Å². The number of anilines is 1.